The molecule has 23 heavy (non-hydrogen) atoms. The molecule has 1 amide bonds. The minimum Gasteiger partial charge on any atom is -0.497 e. The van der Waals surface area contributed by atoms with Crippen molar-refractivity contribution in [1.82, 2.24) is 9.47 Å². The maximum Gasteiger partial charge on any atom is 0.255 e. The van der Waals surface area contributed by atoms with Crippen LogP contribution in [0, 0.1) is 13.8 Å². The first-order valence-electron chi connectivity index (χ1n) is 7.62. The molecule has 1 unspecified atom stereocenters. The number of aliphatic hydroxyl groups excluding tert-OH is 1. The fraction of sp³-hybridized carbons (Fsp3) is 0.389. The van der Waals surface area contributed by atoms with E-state index in [1.54, 1.807) is 19.1 Å². The number of carbonyl (C=O) groups is 1. The van der Waals surface area contributed by atoms with Crippen molar-refractivity contribution in [3.8, 4) is 11.4 Å². The summed E-state index contributed by atoms with van der Waals surface area (Å²) in [6.07, 6.45) is 0. The third-order valence-electron chi connectivity index (χ3n) is 4.24. The fourth-order valence-corrected chi connectivity index (χ4v) is 2.62. The van der Waals surface area contributed by atoms with Crippen LogP contribution in [0.3, 0.4) is 0 Å². The molecule has 1 aromatic carbocycles. The molecule has 1 heterocycles. The molecule has 0 bridgehead atoms. The third-order valence-corrected chi connectivity index (χ3v) is 4.24. The van der Waals surface area contributed by atoms with E-state index in [0.717, 1.165) is 22.8 Å². The molecule has 0 spiro atoms. The lowest BCUT2D eigenvalue weighted by molar-refractivity contribution is 0.0681. The maximum atomic E-state index is 12.6. The van der Waals surface area contributed by atoms with Crippen molar-refractivity contribution in [2.24, 2.45) is 0 Å². The van der Waals surface area contributed by atoms with E-state index in [1.165, 1.54) is 0 Å². The van der Waals surface area contributed by atoms with Crippen molar-refractivity contribution in [2.75, 3.05) is 20.8 Å². The zero-order valence-corrected chi connectivity index (χ0v) is 14.3. The molecule has 0 fully saturated rings. The van der Waals surface area contributed by atoms with Crippen LogP contribution in [-0.4, -0.2) is 47.3 Å². The molecule has 2 aromatic rings. The molecule has 0 saturated heterocycles. The highest BCUT2D eigenvalue weighted by Gasteiger charge is 2.22. The number of methoxy groups -OCH3 is 1. The van der Waals surface area contributed by atoms with Gasteiger partial charge in [0, 0.05) is 24.1 Å². The summed E-state index contributed by atoms with van der Waals surface area (Å²) in [5.74, 6) is 0.712. The Hall–Kier alpha value is -2.27. The van der Waals surface area contributed by atoms with Crippen molar-refractivity contribution in [3.63, 3.8) is 0 Å². The summed E-state index contributed by atoms with van der Waals surface area (Å²) < 4.78 is 7.23. The lowest BCUT2D eigenvalue weighted by Crippen LogP contribution is -2.37. The highest BCUT2D eigenvalue weighted by molar-refractivity contribution is 5.96. The second kappa shape index (κ2) is 6.87. The van der Waals surface area contributed by atoms with Gasteiger partial charge in [0.05, 0.1) is 25.3 Å². The van der Waals surface area contributed by atoms with Gasteiger partial charge in [0.15, 0.2) is 0 Å². The van der Waals surface area contributed by atoms with E-state index in [2.05, 4.69) is 0 Å². The SMILES string of the molecule is COc1ccc(-n2c(C)cc(C(=O)N(C)C(C)CO)c2C)cc1. The van der Waals surface area contributed by atoms with Crippen molar-refractivity contribution >= 4 is 5.91 Å². The number of aromatic nitrogens is 1. The average molecular weight is 316 g/mol. The Labute approximate surface area is 137 Å². The monoisotopic (exact) mass is 316 g/mol. The minimum atomic E-state index is -0.216. The second-order valence-electron chi connectivity index (χ2n) is 5.77. The van der Waals surface area contributed by atoms with Gasteiger partial charge in [0.2, 0.25) is 0 Å². The van der Waals surface area contributed by atoms with Crippen molar-refractivity contribution in [1.29, 1.82) is 0 Å². The predicted molar refractivity (Wildman–Crippen MR) is 90.4 cm³/mol. The van der Waals surface area contributed by atoms with Crippen LogP contribution >= 0.6 is 0 Å². The largest absolute Gasteiger partial charge is 0.497 e. The Morgan fingerprint density at radius 1 is 1.30 bits per heavy atom. The Bertz CT molecular complexity index is 689. The lowest BCUT2D eigenvalue weighted by Gasteiger charge is -2.23. The average Bonchev–Trinajstić information content (AvgIpc) is 2.87. The van der Waals surface area contributed by atoms with Crippen LogP contribution in [0.2, 0.25) is 0 Å². The molecule has 0 saturated carbocycles. The summed E-state index contributed by atoms with van der Waals surface area (Å²) in [6, 6.07) is 9.40. The first-order chi connectivity index (χ1) is 10.9. The summed E-state index contributed by atoms with van der Waals surface area (Å²) in [4.78, 5) is 14.2. The van der Waals surface area contributed by atoms with Crippen molar-refractivity contribution in [2.45, 2.75) is 26.8 Å². The molecule has 0 aliphatic heterocycles. The Morgan fingerprint density at radius 2 is 1.91 bits per heavy atom. The highest BCUT2D eigenvalue weighted by atomic mass is 16.5. The standard InChI is InChI=1S/C18H24N2O3/c1-12-10-17(18(22)19(4)13(2)11-21)14(3)20(12)15-6-8-16(23-5)9-7-15/h6-10,13,21H,11H2,1-5H3. The van der Waals surface area contributed by atoms with Crippen LogP contribution in [0.5, 0.6) is 5.75 Å². The number of carbonyl (C=O) groups excluding carboxylic acids is 1. The number of benzene rings is 1. The molecule has 0 aliphatic carbocycles. The Morgan fingerprint density at radius 3 is 2.43 bits per heavy atom. The van der Waals surface area contributed by atoms with Gasteiger partial charge in [-0.3, -0.25) is 4.79 Å². The zero-order valence-electron chi connectivity index (χ0n) is 14.3. The molecule has 1 N–H and O–H groups in total. The van der Waals surface area contributed by atoms with Crippen LogP contribution in [0.25, 0.3) is 5.69 Å². The first-order valence-corrected chi connectivity index (χ1v) is 7.62. The molecular formula is C18H24N2O3. The molecule has 2 rings (SSSR count). The van der Waals surface area contributed by atoms with E-state index in [1.807, 2.05) is 55.7 Å². The number of likely N-dealkylation sites (N-methyl/N-ethyl adjacent to an activating group) is 1. The van der Waals surface area contributed by atoms with Crippen LogP contribution < -0.4 is 4.74 Å². The summed E-state index contributed by atoms with van der Waals surface area (Å²) in [5.41, 5.74) is 3.51. The lowest BCUT2D eigenvalue weighted by atomic mass is 10.2. The minimum absolute atomic E-state index is 0.0561. The normalized spacial score (nSPS) is 12.1. The molecule has 0 radical (unpaired) electrons. The van der Waals surface area contributed by atoms with E-state index in [-0.39, 0.29) is 18.6 Å². The van der Waals surface area contributed by atoms with Gasteiger partial charge < -0.3 is 19.3 Å². The number of aryl methyl sites for hydroxylation is 1. The van der Waals surface area contributed by atoms with Crippen molar-refractivity contribution in [3.05, 3.63) is 47.3 Å². The van der Waals surface area contributed by atoms with Gasteiger partial charge in [-0.05, 0) is 51.1 Å². The van der Waals surface area contributed by atoms with Gasteiger partial charge in [-0.1, -0.05) is 0 Å². The number of hydrogen-bond donors (Lipinski definition) is 1. The zero-order chi connectivity index (χ0) is 17.1. The van der Waals surface area contributed by atoms with Gasteiger partial charge in [-0.2, -0.15) is 0 Å². The van der Waals surface area contributed by atoms with Crippen molar-refractivity contribution < 1.29 is 14.6 Å². The number of nitrogens with zero attached hydrogens (tertiary/aromatic N) is 2. The number of ether oxygens (including phenoxy) is 1. The summed E-state index contributed by atoms with van der Waals surface area (Å²) >= 11 is 0. The number of amides is 1. The number of rotatable bonds is 5. The van der Waals surface area contributed by atoms with Crippen LogP contribution in [-0.2, 0) is 0 Å². The first kappa shape index (κ1) is 17.1. The smallest absolute Gasteiger partial charge is 0.255 e. The van der Waals surface area contributed by atoms with Gasteiger partial charge in [-0.15, -0.1) is 0 Å². The molecule has 1 atom stereocenters. The number of aliphatic hydroxyl groups is 1. The van der Waals surface area contributed by atoms with E-state index in [9.17, 15) is 9.90 Å². The van der Waals surface area contributed by atoms with Crippen LogP contribution in [0.15, 0.2) is 30.3 Å². The summed E-state index contributed by atoms with van der Waals surface area (Å²) in [7, 11) is 3.35. The third kappa shape index (κ3) is 3.24. The second-order valence-corrected chi connectivity index (χ2v) is 5.77. The summed E-state index contributed by atoms with van der Waals surface area (Å²) in [5, 5.41) is 9.25. The molecule has 1 aromatic heterocycles. The molecule has 0 aliphatic rings. The topological polar surface area (TPSA) is 54.7 Å². The Kier molecular flexibility index (Phi) is 5.11. The Balaban J connectivity index is 2.41. The van der Waals surface area contributed by atoms with Crippen LogP contribution in [0.1, 0.15) is 28.7 Å². The quantitative estimate of drug-likeness (QED) is 0.922. The summed E-state index contributed by atoms with van der Waals surface area (Å²) in [6.45, 7) is 5.67. The van der Waals surface area contributed by atoms with Gasteiger partial charge in [0.25, 0.3) is 5.91 Å². The van der Waals surface area contributed by atoms with Gasteiger partial charge in [0.1, 0.15) is 5.75 Å². The van der Waals surface area contributed by atoms with Crippen LogP contribution in [0.4, 0.5) is 0 Å². The van der Waals surface area contributed by atoms with E-state index in [4.69, 9.17) is 4.74 Å². The molecule has 5 heteroatoms. The number of hydrogen-bond acceptors (Lipinski definition) is 3. The van der Waals surface area contributed by atoms with E-state index < -0.39 is 0 Å². The van der Waals surface area contributed by atoms with E-state index in [0.29, 0.717) is 5.56 Å². The fourth-order valence-electron chi connectivity index (χ4n) is 2.62. The predicted octanol–water partition coefficient (Wildman–Crippen LogP) is 2.56. The molecular weight excluding hydrogens is 292 g/mol. The molecule has 5 nitrogen and oxygen atoms in total. The van der Waals surface area contributed by atoms with Gasteiger partial charge in [-0.25, -0.2) is 0 Å². The maximum absolute atomic E-state index is 12.6. The molecule has 124 valence electrons. The van der Waals surface area contributed by atoms with Gasteiger partial charge >= 0.3 is 0 Å². The van der Waals surface area contributed by atoms with E-state index >= 15 is 0 Å². The highest BCUT2D eigenvalue weighted by Crippen LogP contribution is 2.23.